The highest BCUT2D eigenvalue weighted by atomic mass is 79.9. The third-order valence-electron chi connectivity index (χ3n) is 2.94. The van der Waals surface area contributed by atoms with Crippen molar-refractivity contribution in [3.05, 3.63) is 63.6 Å². The summed E-state index contributed by atoms with van der Waals surface area (Å²) in [6.45, 7) is 0.0370. The standard InChI is InChI=1S/C17H15BrClNO4/c18-13-7-5-12(6-8-13)17(22)20-11-16(21)24-10-9-23-15-4-2-1-3-14(15)19/h1-8H,9-11H2,(H,20,22). The first-order valence-electron chi connectivity index (χ1n) is 7.13. The van der Waals surface area contributed by atoms with E-state index in [9.17, 15) is 9.59 Å². The summed E-state index contributed by atoms with van der Waals surface area (Å²) >= 11 is 9.22. The zero-order chi connectivity index (χ0) is 17.4. The Labute approximate surface area is 153 Å². The Bertz CT molecular complexity index is 706. The van der Waals surface area contributed by atoms with Gasteiger partial charge in [-0.25, -0.2) is 0 Å². The smallest absolute Gasteiger partial charge is 0.325 e. The molecule has 0 aromatic heterocycles. The zero-order valence-electron chi connectivity index (χ0n) is 12.6. The quantitative estimate of drug-likeness (QED) is 0.559. The van der Waals surface area contributed by atoms with Gasteiger partial charge < -0.3 is 14.8 Å². The van der Waals surface area contributed by atoms with Gasteiger partial charge in [0.15, 0.2) is 0 Å². The van der Waals surface area contributed by atoms with Gasteiger partial charge in [0.25, 0.3) is 5.91 Å². The van der Waals surface area contributed by atoms with Gasteiger partial charge in [0.2, 0.25) is 0 Å². The molecular weight excluding hydrogens is 398 g/mol. The van der Waals surface area contributed by atoms with Crippen molar-refractivity contribution in [1.82, 2.24) is 5.32 Å². The molecule has 0 atom stereocenters. The van der Waals surface area contributed by atoms with Crippen LogP contribution >= 0.6 is 27.5 Å². The molecule has 0 aliphatic rings. The topological polar surface area (TPSA) is 64.6 Å². The molecule has 2 aromatic carbocycles. The molecule has 1 N–H and O–H groups in total. The number of nitrogens with one attached hydrogen (secondary N) is 1. The first kappa shape index (κ1) is 18.3. The molecule has 2 rings (SSSR count). The molecule has 0 saturated carbocycles. The lowest BCUT2D eigenvalue weighted by Crippen LogP contribution is -2.31. The van der Waals surface area contributed by atoms with E-state index in [1.54, 1.807) is 48.5 Å². The third-order valence-corrected chi connectivity index (χ3v) is 3.78. The number of hydrogen-bond donors (Lipinski definition) is 1. The van der Waals surface area contributed by atoms with Gasteiger partial charge in [-0.2, -0.15) is 0 Å². The van der Waals surface area contributed by atoms with Crippen LogP contribution in [0.4, 0.5) is 0 Å². The molecule has 0 fully saturated rings. The van der Waals surface area contributed by atoms with E-state index in [0.717, 1.165) is 4.47 Å². The molecule has 0 bridgehead atoms. The largest absolute Gasteiger partial charge is 0.488 e. The van der Waals surface area contributed by atoms with Crippen molar-refractivity contribution in [3.8, 4) is 5.75 Å². The van der Waals surface area contributed by atoms with Gasteiger partial charge in [-0.1, -0.05) is 39.7 Å². The molecule has 0 aliphatic carbocycles. The minimum atomic E-state index is -0.539. The maximum absolute atomic E-state index is 11.8. The van der Waals surface area contributed by atoms with Crippen LogP contribution in [-0.4, -0.2) is 31.6 Å². The van der Waals surface area contributed by atoms with E-state index in [1.807, 2.05) is 0 Å². The fraction of sp³-hybridized carbons (Fsp3) is 0.176. The van der Waals surface area contributed by atoms with Crippen molar-refractivity contribution in [2.24, 2.45) is 0 Å². The van der Waals surface area contributed by atoms with Gasteiger partial charge in [-0.3, -0.25) is 9.59 Å². The minimum absolute atomic E-state index is 0.0677. The predicted octanol–water partition coefficient (Wildman–Crippen LogP) is 3.45. The van der Waals surface area contributed by atoms with Crippen molar-refractivity contribution in [2.45, 2.75) is 0 Å². The first-order chi connectivity index (χ1) is 11.6. The average molecular weight is 413 g/mol. The lowest BCUT2D eigenvalue weighted by atomic mass is 10.2. The van der Waals surface area contributed by atoms with Crippen LogP contribution in [0.1, 0.15) is 10.4 Å². The summed E-state index contributed by atoms with van der Waals surface area (Å²) in [5.41, 5.74) is 0.466. The van der Waals surface area contributed by atoms with Crippen molar-refractivity contribution in [1.29, 1.82) is 0 Å². The zero-order valence-corrected chi connectivity index (χ0v) is 15.0. The van der Waals surface area contributed by atoms with Gasteiger partial charge in [-0.05, 0) is 36.4 Å². The first-order valence-corrected chi connectivity index (χ1v) is 8.30. The Morgan fingerprint density at radius 1 is 1.04 bits per heavy atom. The highest BCUT2D eigenvalue weighted by Crippen LogP contribution is 2.22. The number of ether oxygens (including phenoxy) is 2. The second kappa shape index (κ2) is 9.30. The van der Waals surface area contributed by atoms with E-state index < -0.39 is 5.97 Å². The molecule has 0 aliphatic heterocycles. The highest BCUT2D eigenvalue weighted by molar-refractivity contribution is 9.10. The highest BCUT2D eigenvalue weighted by Gasteiger charge is 2.09. The van der Waals surface area contributed by atoms with Crippen LogP contribution < -0.4 is 10.1 Å². The number of carbonyl (C=O) groups excluding carboxylic acids is 2. The predicted molar refractivity (Wildman–Crippen MR) is 94.4 cm³/mol. The van der Waals surface area contributed by atoms with Crippen molar-refractivity contribution in [3.63, 3.8) is 0 Å². The number of benzene rings is 2. The molecule has 0 unspecified atom stereocenters. The summed E-state index contributed by atoms with van der Waals surface area (Å²) < 4.78 is 11.2. The molecule has 7 heteroatoms. The molecule has 0 spiro atoms. The van der Waals surface area contributed by atoms with Gasteiger partial charge in [-0.15, -0.1) is 0 Å². The molecule has 0 radical (unpaired) electrons. The minimum Gasteiger partial charge on any atom is -0.488 e. The Balaban J connectivity index is 1.65. The number of amides is 1. The van der Waals surface area contributed by atoms with Crippen molar-refractivity contribution < 1.29 is 19.1 Å². The van der Waals surface area contributed by atoms with E-state index in [0.29, 0.717) is 16.3 Å². The lowest BCUT2D eigenvalue weighted by Gasteiger charge is -2.09. The summed E-state index contributed by atoms with van der Waals surface area (Å²) in [7, 11) is 0. The van der Waals surface area contributed by atoms with Gasteiger partial charge in [0.05, 0.1) is 5.02 Å². The van der Waals surface area contributed by atoms with Gasteiger partial charge in [0.1, 0.15) is 25.5 Å². The van der Waals surface area contributed by atoms with Crippen LogP contribution in [-0.2, 0) is 9.53 Å². The molecule has 1 amide bonds. The summed E-state index contributed by atoms with van der Waals surface area (Å²) in [5.74, 6) is -0.353. The molecular formula is C17H15BrClNO4. The monoisotopic (exact) mass is 411 g/mol. The number of hydrogen-bond acceptors (Lipinski definition) is 4. The third kappa shape index (κ3) is 5.86. The second-order valence-corrected chi connectivity index (χ2v) is 6.01. The maximum Gasteiger partial charge on any atom is 0.325 e. The number of esters is 1. The Hall–Kier alpha value is -2.05. The SMILES string of the molecule is O=C(CNC(=O)c1ccc(Br)cc1)OCCOc1ccccc1Cl. The molecule has 2 aromatic rings. The number of halogens is 2. The van der Waals surface area contributed by atoms with Gasteiger partial charge >= 0.3 is 5.97 Å². The van der Waals surface area contributed by atoms with Crippen LogP contribution in [0.25, 0.3) is 0 Å². The Morgan fingerprint density at radius 3 is 2.46 bits per heavy atom. The van der Waals surface area contributed by atoms with Crippen molar-refractivity contribution in [2.75, 3.05) is 19.8 Å². The number of para-hydroxylation sites is 1. The summed E-state index contributed by atoms with van der Waals surface area (Å²) in [5, 5.41) is 2.99. The Morgan fingerprint density at radius 2 is 1.75 bits per heavy atom. The van der Waals surface area contributed by atoms with Crippen LogP contribution in [0.15, 0.2) is 53.0 Å². The van der Waals surface area contributed by atoms with Gasteiger partial charge in [0, 0.05) is 10.0 Å². The lowest BCUT2D eigenvalue weighted by molar-refractivity contribution is -0.143. The molecule has 24 heavy (non-hydrogen) atoms. The summed E-state index contributed by atoms with van der Waals surface area (Å²) in [6.07, 6.45) is 0. The van der Waals surface area contributed by atoms with Crippen LogP contribution in [0.5, 0.6) is 5.75 Å². The van der Waals surface area contributed by atoms with E-state index in [4.69, 9.17) is 21.1 Å². The second-order valence-electron chi connectivity index (χ2n) is 4.69. The van der Waals surface area contributed by atoms with E-state index in [-0.39, 0.29) is 25.7 Å². The van der Waals surface area contributed by atoms with Crippen LogP contribution in [0, 0.1) is 0 Å². The molecule has 126 valence electrons. The number of carbonyl (C=O) groups is 2. The van der Waals surface area contributed by atoms with Crippen LogP contribution in [0.2, 0.25) is 5.02 Å². The molecule has 5 nitrogen and oxygen atoms in total. The molecule has 0 heterocycles. The summed E-state index contributed by atoms with van der Waals surface area (Å²) in [6, 6.07) is 13.8. The van der Waals surface area contributed by atoms with E-state index in [2.05, 4.69) is 21.2 Å². The molecule has 0 saturated heterocycles. The van der Waals surface area contributed by atoms with E-state index in [1.165, 1.54) is 0 Å². The average Bonchev–Trinajstić information content (AvgIpc) is 2.58. The Kier molecular flexibility index (Phi) is 7.08. The maximum atomic E-state index is 11.8. The normalized spacial score (nSPS) is 10.1. The van der Waals surface area contributed by atoms with Crippen LogP contribution in [0.3, 0.4) is 0 Å². The number of rotatable bonds is 7. The van der Waals surface area contributed by atoms with Crippen molar-refractivity contribution >= 4 is 39.4 Å². The fourth-order valence-electron chi connectivity index (χ4n) is 1.78. The van der Waals surface area contributed by atoms with E-state index >= 15 is 0 Å². The fourth-order valence-corrected chi connectivity index (χ4v) is 2.23. The summed E-state index contributed by atoms with van der Waals surface area (Å²) in [4.78, 5) is 23.4.